The molecular formula is C13H22O3. The van der Waals surface area contributed by atoms with E-state index in [9.17, 15) is 4.79 Å². The van der Waals surface area contributed by atoms with E-state index in [0.29, 0.717) is 6.61 Å². The summed E-state index contributed by atoms with van der Waals surface area (Å²) in [5, 5.41) is 0. The number of hydrogen-bond donors (Lipinski definition) is 0. The van der Waals surface area contributed by atoms with E-state index in [-0.39, 0.29) is 11.9 Å². The molecule has 1 aliphatic carbocycles. The van der Waals surface area contributed by atoms with Gasteiger partial charge in [-0.25, -0.2) is 0 Å². The number of allylic oxidation sites excluding steroid dienone is 2. The Bertz CT molecular complexity index is 246. The molecule has 0 heterocycles. The summed E-state index contributed by atoms with van der Waals surface area (Å²) < 4.78 is 10.4. The summed E-state index contributed by atoms with van der Waals surface area (Å²) in [7, 11) is 1.71. The number of hydrogen-bond acceptors (Lipinski definition) is 3. The van der Waals surface area contributed by atoms with Crippen molar-refractivity contribution >= 4 is 5.97 Å². The van der Waals surface area contributed by atoms with Crippen molar-refractivity contribution in [3.8, 4) is 0 Å². The fourth-order valence-electron chi connectivity index (χ4n) is 2.08. The van der Waals surface area contributed by atoms with Crippen molar-refractivity contribution in [1.82, 2.24) is 0 Å². The molecule has 3 nitrogen and oxygen atoms in total. The molecule has 0 saturated heterocycles. The molecule has 0 N–H and O–H groups in total. The molecule has 0 bridgehead atoms. The Morgan fingerprint density at radius 1 is 1.44 bits per heavy atom. The van der Waals surface area contributed by atoms with Gasteiger partial charge in [0, 0.05) is 6.42 Å². The first kappa shape index (κ1) is 13.1. The van der Waals surface area contributed by atoms with Gasteiger partial charge in [0.1, 0.15) is 0 Å². The monoisotopic (exact) mass is 226 g/mol. The van der Waals surface area contributed by atoms with Crippen molar-refractivity contribution in [1.29, 1.82) is 0 Å². The summed E-state index contributed by atoms with van der Waals surface area (Å²) in [4.78, 5) is 11.7. The van der Waals surface area contributed by atoms with Gasteiger partial charge in [0.05, 0.1) is 25.4 Å². The zero-order valence-electron chi connectivity index (χ0n) is 10.3. The van der Waals surface area contributed by atoms with Crippen molar-refractivity contribution in [2.45, 2.75) is 45.4 Å². The van der Waals surface area contributed by atoms with Crippen LogP contribution < -0.4 is 0 Å². The minimum absolute atomic E-state index is 0.0247. The summed E-state index contributed by atoms with van der Waals surface area (Å²) in [6, 6.07) is 0. The van der Waals surface area contributed by atoms with Crippen LogP contribution in [0.5, 0.6) is 0 Å². The highest BCUT2D eigenvalue weighted by Crippen LogP contribution is 2.23. The fourth-order valence-corrected chi connectivity index (χ4v) is 2.08. The lowest BCUT2D eigenvalue weighted by molar-refractivity contribution is -0.148. The Balaban J connectivity index is 2.45. The van der Waals surface area contributed by atoms with Crippen molar-refractivity contribution in [2.24, 2.45) is 5.92 Å². The molecule has 0 saturated carbocycles. The van der Waals surface area contributed by atoms with Gasteiger partial charge in [-0.2, -0.15) is 0 Å². The Hall–Kier alpha value is -0.990. The first-order chi connectivity index (χ1) is 7.77. The summed E-state index contributed by atoms with van der Waals surface area (Å²) in [5.41, 5.74) is 0. The lowest BCUT2D eigenvalue weighted by Crippen LogP contribution is -2.17. The molecule has 1 aliphatic rings. The molecule has 1 rings (SSSR count). The second-order valence-electron chi connectivity index (χ2n) is 4.15. The Labute approximate surface area is 97.8 Å². The van der Waals surface area contributed by atoms with Crippen LogP contribution in [0.4, 0.5) is 0 Å². The Morgan fingerprint density at radius 3 is 2.88 bits per heavy atom. The summed E-state index contributed by atoms with van der Waals surface area (Å²) >= 11 is 0. The van der Waals surface area contributed by atoms with Crippen LogP contribution in [0.15, 0.2) is 11.8 Å². The smallest absolute Gasteiger partial charge is 0.308 e. The van der Waals surface area contributed by atoms with Gasteiger partial charge in [0.25, 0.3) is 0 Å². The quantitative estimate of drug-likeness (QED) is 0.694. The zero-order chi connectivity index (χ0) is 11.8. The van der Waals surface area contributed by atoms with Crippen LogP contribution in [0, 0.1) is 5.92 Å². The molecule has 92 valence electrons. The third-order valence-corrected chi connectivity index (χ3v) is 2.99. The number of ether oxygens (including phenoxy) is 2. The average molecular weight is 226 g/mol. The van der Waals surface area contributed by atoms with Crippen LogP contribution in [-0.4, -0.2) is 19.7 Å². The van der Waals surface area contributed by atoms with Crippen LogP contribution in [0.2, 0.25) is 0 Å². The van der Waals surface area contributed by atoms with E-state index in [0.717, 1.165) is 44.3 Å². The second-order valence-corrected chi connectivity index (χ2v) is 4.15. The summed E-state index contributed by atoms with van der Waals surface area (Å²) in [5.74, 6) is 1.12. The van der Waals surface area contributed by atoms with Gasteiger partial charge < -0.3 is 9.47 Å². The predicted octanol–water partition coefficient (Wildman–Crippen LogP) is 3.05. The molecule has 0 aromatic heterocycles. The Morgan fingerprint density at radius 2 is 2.19 bits per heavy atom. The second kappa shape index (κ2) is 7.31. The third kappa shape index (κ3) is 4.25. The summed E-state index contributed by atoms with van der Waals surface area (Å²) in [6.45, 7) is 2.34. The maximum atomic E-state index is 11.7. The molecule has 1 atom stereocenters. The first-order valence-corrected chi connectivity index (χ1v) is 6.17. The molecule has 3 heteroatoms. The van der Waals surface area contributed by atoms with Crippen molar-refractivity contribution in [2.75, 3.05) is 13.7 Å². The largest absolute Gasteiger partial charge is 0.501 e. The van der Waals surface area contributed by atoms with Crippen molar-refractivity contribution in [3.63, 3.8) is 0 Å². The normalized spacial score (nSPS) is 25.6. The molecule has 0 radical (unpaired) electrons. The molecule has 16 heavy (non-hydrogen) atoms. The Kier molecular flexibility index (Phi) is 5.98. The molecule has 0 fully saturated rings. The molecular weight excluding hydrogens is 204 g/mol. The van der Waals surface area contributed by atoms with Crippen molar-refractivity contribution < 1.29 is 14.3 Å². The van der Waals surface area contributed by atoms with Crippen LogP contribution in [0.3, 0.4) is 0 Å². The number of carbonyl (C=O) groups excluding carboxylic acids is 1. The molecule has 0 aromatic carbocycles. The highest BCUT2D eigenvalue weighted by atomic mass is 16.5. The highest BCUT2D eigenvalue weighted by molar-refractivity contribution is 5.72. The highest BCUT2D eigenvalue weighted by Gasteiger charge is 2.19. The van der Waals surface area contributed by atoms with Gasteiger partial charge in [-0.05, 0) is 45.1 Å². The lowest BCUT2D eigenvalue weighted by Gasteiger charge is -2.13. The molecule has 0 amide bonds. The van der Waals surface area contributed by atoms with E-state index in [1.165, 1.54) is 0 Å². The van der Waals surface area contributed by atoms with Gasteiger partial charge in [0.2, 0.25) is 0 Å². The summed E-state index contributed by atoms with van der Waals surface area (Å²) in [6.07, 6.45) is 7.98. The fraction of sp³-hybridized carbons (Fsp3) is 0.769. The molecule has 0 aliphatic heterocycles. The van der Waals surface area contributed by atoms with Gasteiger partial charge in [-0.1, -0.05) is 0 Å². The van der Waals surface area contributed by atoms with Crippen LogP contribution in [0.25, 0.3) is 0 Å². The van der Waals surface area contributed by atoms with Gasteiger partial charge in [-0.3, -0.25) is 4.79 Å². The molecule has 1 unspecified atom stereocenters. The first-order valence-electron chi connectivity index (χ1n) is 6.17. The van der Waals surface area contributed by atoms with E-state index in [1.54, 1.807) is 7.11 Å². The standard InChI is InChI=1S/C13H22O3/c1-3-16-13(14)11-7-4-5-9-12(15-2)10-6-8-11/h9,11H,3-8,10H2,1-2H3/b12-9+. The molecule has 0 aromatic rings. The van der Waals surface area contributed by atoms with E-state index in [1.807, 2.05) is 6.92 Å². The van der Waals surface area contributed by atoms with E-state index < -0.39 is 0 Å². The average Bonchev–Trinajstić information content (AvgIpc) is 2.40. The van der Waals surface area contributed by atoms with Crippen LogP contribution >= 0.6 is 0 Å². The third-order valence-electron chi connectivity index (χ3n) is 2.99. The van der Waals surface area contributed by atoms with Gasteiger partial charge in [-0.15, -0.1) is 0 Å². The van der Waals surface area contributed by atoms with Crippen LogP contribution in [-0.2, 0) is 14.3 Å². The van der Waals surface area contributed by atoms with E-state index in [2.05, 4.69) is 6.08 Å². The van der Waals surface area contributed by atoms with E-state index in [4.69, 9.17) is 9.47 Å². The molecule has 0 spiro atoms. The topological polar surface area (TPSA) is 35.5 Å². The number of carbonyl (C=O) groups is 1. The minimum atomic E-state index is -0.0247. The van der Waals surface area contributed by atoms with Gasteiger partial charge in [0.15, 0.2) is 0 Å². The predicted molar refractivity (Wildman–Crippen MR) is 62.9 cm³/mol. The SMILES string of the molecule is CCOC(=O)C1CCC/C=C(/OC)CCC1. The number of methoxy groups -OCH3 is 1. The maximum Gasteiger partial charge on any atom is 0.308 e. The van der Waals surface area contributed by atoms with Gasteiger partial charge >= 0.3 is 5.97 Å². The van der Waals surface area contributed by atoms with E-state index >= 15 is 0 Å². The lowest BCUT2D eigenvalue weighted by atomic mass is 9.97. The van der Waals surface area contributed by atoms with Crippen molar-refractivity contribution in [3.05, 3.63) is 11.8 Å². The number of esters is 1. The zero-order valence-corrected chi connectivity index (χ0v) is 10.3. The van der Waals surface area contributed by atoms with Crippen LogP contribution in [0.1, 0.15) is 45.4 Å². The minimum Gasteiger partial charge on any atom is -0.501 e. The maximum absolute atomic E-state index is 11.7. The number of rotatable bonds is 3.